The van der Waals surface area contributed by atoms with Crippen molar-refractivity contribution in [2.45, 2.75) is 54.6 Å². The average molecular weight is 865 g/mol. The lowest BCUT2D eigenvalue weighted by Gasteiger charge is -2.50. The second-order valence-corrected chi connectivity index (χ2v) is 15.9. The summed E-state index contributed by atoms with van der Waals surface area (Å²) in [6, 6.07) is 15.0. The third kappa shape index (κ3) is 5.68. The number of hydrogen-bond acceptors (Lipinski definition) is 18. The lowest BCUT2D eigenvalue weighted by atomic mass is 9.72. The summed E-state index contributed by atoms with van der Waals surface area (Å²) in [4.78, 5) is 0. The smallest absolute Gasteiger partial charge is 0.305 e. The van der Waals surface area contributed by atoms with Crippen LogP contribution in [0, 0.1) is 0 Å². The Balaban J connectivity index is 1.23. The van der Waals surface area contributed by atoms with Crippen molar-refractivity contribution in [1.82, 2.24) is 0 Å². The van der Waals surface area contributed by atoms with Gasteiger partial charge in [-0.1, -0.05) is 12.1 Å². The molecular formula is C45H36O18. The predicted molar refractivity (Wildman–Crippen MR) is 212 cm³/mol. The molecule has 4 heterocycles. The number of ether oxygens (including phenoxy) is 4. The van der Waals surface area contributed by atoms with E-state index in [0.29, 0.717) is 0 Å². The van der Waals surface area contributed by atoms with Gasteiger partial charge in [0.2, 0.25) is 0 Å². The zero-order chi connectivity index (χ0) is 44.5. The van der Waals surface area contributed by atoms with Crippen LogP contribution in [0.25, 0.3) is 0 Å². The highest BCUT2D eigenvalue weighted by Gasteiger charge is 2.60. The summed E-state index contributed by atoms with van der Waals surface area (Å²) in [5.74, 6) is -12.6. The largest absolute Gasteiger partial charge is 0.508 e. The maximum Gasteiger partial charge on any atom is 0.305 e. The summed E-state index contributed by atoms with van der Waals surface area (Å²) < 4.78 is 25.4. The molecule has 0 saturated heterocycles. The van der Waals surface area contributed by atoms with Crippen molar-refractivity contribution in [3.05, 3.63) is 123 Å². The maximum atomic E-state index is 12.7. The molecule has 0 aromatic heterocycles. The van der Waals surface area contributed by atoms with E-state index in [-0.39, 0.29) is 73.9 Å². The minimum atomic E-state index is -2.31. The molecular weight excluding hydrogens is 828 g/mol. The van der Waals surface area contributed by atoms with Crippen LogP contribution in [0.4, 0.5) is 0 Å². The molecule has 18 heteroatoms. The van der Waals surface area contributed by atoms with Crippen molar-refractivity contribution >= 4 is 0 Å². The van der Waals surface area contributed by atoms with Crippen molar-refractivity contribution in [2.24, 2.45) is 0 Å². The monoisotopic (exact) mass is 864 g/mol. The van der Waals surface area contributed by atoms with Gasteiger partial charge in [-0.2, -0.15) is 0 Å². The second kappa shape index (κ2) is 13.6. The van der Waals surface area contributed by atoms with Gasteiger partial charge in [-0.25, -0.2) is 0 Å². The van der Waals surface area contributed by atoms with Gasteiger partial charge in [0, 0.05) is 64.1 Å². The Morgan fingerprint density at radius 1 is 0.460 bits per heavy atom. The normalized spacial score (nSPS) is 25.2. The van der Waals surface area contributed by atoms with Crippen molar-refractivity contribution < 1.29 is 90.4 Å². The lowest BCUT2D eigenvalue weighted by molar-refractivity contribution is -0.218. The third-order valence-corrected chi connectivity index (χ3v) is 12.2. The van der Waals surface area contributed by atoms with E-state index in [1.54, 1.807) is 0 Å². The SMILES string of the molecule is Oc1cc(O)c2c(c1)O[C@]1(c3ccc(O)c(O)c3)Oc3cc4c(c(O)c3[C@H]2[C@H]1O)[C@H](c1c(O)cc(O)c2c1O[C@H](c1ccc(O)c(O)c1)[C@H](O)C2)[C@H](O)[C@@H](c1ccc(O)c(O)c1)O4. The first kappa shape index (κ1) is 39.3. The number of benzene rings is 6. The standard InChI is InChI=1S/C45H36O18/c46-18-10-27(54)33-31(11-18)62-45(17-3-6-22(49)26(53)9-17)44(59)38(33)36-32(63-45)14-30-35(39(36)57)37(40(58)42(60-30)16-2-5-21(48)25(52)8-16)34-28(55)13-23(50)19-12-29(56)41(61-43(19)34)15-1-4-20(47)24(51)7-15/h1-11,13-14,29,37-38,40-42,44,46-59H,12H2/t29-,37+,38+,40+,41-,42-,44-,45-/m1/s1. The fraction of sp³-hybridized carbons (Fsp3) is 0.200. The summed E-state index contributed by atoms with van der Waals surface area (Å²) in [5.41, 5.74) is -0.703. The van der Waals surface area contributed by atoms with Crippen LogP contribution in [-0.4, -0.2) is 89.8 Å². The van der Waals surface area contributed by atoms with E-state index in [0.717, 1.165) is 54.6 Å². The van der Waals surface area contributed by atoms with Crippen molar-refractivity contribution in [3.63, 3.8) is 0 Å². The number of aromatic hydroxyl groups is 11. The number of aliphatic hydroxyl groups excluding tert-OH is 3. The van der Waals surface area contributed by atoms with Gasteiger partial charge in [0.15, 0.2) is 40.6 Å². The fourth-order valence-electron chi connectivity index (χ4n) is 9.31. The number of hydrogen-bond donors (Lipinski definition) is 14. The minimum absolute atomic E-state index is 0.0325. The molecule has 0 unspecified atom stereocenters. The molecule has 63 heavy (non-hydrogen) atoms. The van der Waals surface area contributed by atoms with E-state index < -0.39 is 111 Å². The summed E-state index contributed by atoms with van der Waals surface area (Å²) in [7, 11) is 0. The molecule has 4 aliphatic rings. The quantitative estimate of drug-likeness (QED) is 0.110. The van der Waals surface area contributed by atoms with Gasteiger partial charge in [-0.05, 0) is 53.6 Å². The summed E-state index contributed by atoms with van der Waals surface area (Å²) in [6.07, 6.45) is -8.22. The van der Waals surface area contributed by atoms with Crippen molar-refractivity contribution in [1.29, 1.82) is 0 Å². The first-order valence-corrected chi connectivity index (χ1v) is 19.3. The van der Waals surface area contributed by atoms with Gasteiger partial charge >= 0.3 is 5.79 Å². The van der Waals surface area contributed by atoms with Gasteiger partial charge in [0.25, 0.3) is 0 Å². The first-order valence-electron chi connectivity index (χ1n) is 19.3. The maximum absolute atomic E-state index is 12.7. The van der Waals surface area contributed by atoms with E-state index in [1.165, 1.54) is 24.3 Å². The zero-order valence-corrected chi connectivity index (χ0v) is 32.1. The first-order chi connectivity index (χ1) is 30.0. The molecule has 324 valence electrons. The molecule has 8 atom stereocenters. The van der Waals surface area contributed by atoms with Gasteiger partial charge in [-0.15, -0.1) is 0 Å². The van der Waals surface area contributed by atoms with Crippen molar-refractivity contribution in [2.75, 3.05) is 0 Å². The number of phenols is 11. The summed E-state index contributed by atoms with van der Waals surface area (Å²) >= 11 is 0. The Morgan fingerprint density at radius 3 is 1.67 bits per heavy atom. The van der Waals surface area contributed by atoms with E-state index in [2.05, 4.69) is 0 Å². The Kier molecular flexibility index (Phi) is 8.49. The van der Waals surface area contributed by atoms with Gasteiger partial charge < -0.3 is 90.4 Å². The lowest BCUT2D eigenvalue weighted by Crippen LogP contribution is -2.57. The number of phenolic OH excluding ortho intramolecular Hbond substituents is 11. The molecule has 14 N–H and O–H groups in total. The van der Waals surface area contributed by atoms with Crippen LogP contribution in [0.15, 0.2) is 78.9 Å². The predicted octanol–water partition coefficient (Wildman–Crippen LogP) is 4.24. The number of aliphatic hydroxyl groups is 3. The molecule has 0 spiro atoms. The molecule has 10 rings (SSSR count). The Labute approximate surface area is 354 Å². The van der Waals surface area contributed by atoms with Gasteiger partial charge in [0.1, 0.15) is 70.1 Å². The van der Waals surface area contributed by atoms with Gasteiger partial charge in [0.05, 0.1) is 17.9 Å². The molecule has 0 fully saturated rings. The zero-order valence-electron chi connectivity index (χ0n) is 32.1. The van der Waals surface area contributed by atoms with E-state index in [4.69, 9.17) is 18.9 Å². The van der Waals surface area contributed by atoms with Crippen LogP contribution in [-0.2, 0) is 12.2 Å². The van der Waals surface area contributed by atoms with Crippen LogP contribution < -0.4 is 18.9 Å². The highest BCUT2D eigenvalue weighted by atomic mass is 16.7. The third-order valence-electron chi connectivity index (χ3n) is 12.2. The highest BCUT2D eigenvalue weighted by molar-refractivity contribution is 5.72. The fourth-order valence-corrected chi connectivity index (χ4v) is 9.31. The van der Waals surface area contributed by atoms with E-state index in [1.807, 2.05) is 0 Å². The number of rotatable bonds is 4. The summed E-state index contributed by atoms with van der Waals surface area (Å²) in [6.45, 7) is 0. The van der Waals surface area contributed by atoms with Crippen LogP contribution in [0.1, 0.15) is 68.6 Å². The molecule has 2 bridgehead atoms. The van der Waals surface area contributed by atoms with Crippen LogP contribution in [0.2, 0.25) is 0 Å². The molecule has 0 radical (unpaired) electrons. The average Bonchev–Trinajstić information content (AvgIpc) is 3.22. The van der Waals surface area contributed by atoms with Crippen LogP contribution in [0.3, 0.4) is 0 Å². The van der Waals surface area contributed by atoms with Crippen LogP contribution >= 0.6 is 0 Å². The van der Waals surface area contributed by atoms with E-state index in [9.17, 15) is 71.5 Å². The molecule has 0 saturated carbocycles. The van der Waals surface area contributed by atoms with Gasteiger partial charge in [-0.3, -0.25) is 0 Å². The Hall–Kier alpha value is -7.80. The molecule has 18 nitrogen and oxygen atoms in total. The topological polar surface area (TPSA) is 320 Å². The summed E-state index contributed by atoms with van der Waals surface area (Å²) in [5, 5.41) is 155. The van der Waals surface area contributed by atoms with E-state index >= 15 is 0 Å². The van der Waals surface area contributed by atoms with Crippen LogP contribution in [0.5, 0.6) is 86.2 Å². The molecule has 6 aromatic rings. The molecule has 4 aliphatic heterocycles. The molecule has 0 aliphatic carbocycles. The second-order valence-electron chi connectivity index (χ2n) is 15.9. The molecule has 0 amide bonds. The van der Waals surface area contributed by atoms with Crippen molar-refractivity contribution in [3.8, 4) is 86.2 Å². The minimum Gasteiger partial charge on any atom is -0.508 e. The Bertz CT molecular complexity index is 2910. The molecule has 6 aromatic carbocycles. The highest BCUT2D eigenvalue weighted by Crippen LogP contribution is 2.65. The Morgan fingerprint density at radius 2 is 1.03 bits per heavy atom. The number of fused-ring (bicyclic) bond motifs is 8.